The zero-order valence-electron chi connectivity index (χ0n) is 10.2. The number of piperidine rings is 1. The molecule has 4 heteroatoms. The van der Waals surface area contributed by atoms with Gasteiger partial charge in [-0.25, -0.2) is 4.39 Å². The highest BCUT2D eigenvalue weighted by Gasteiger charge is 2.44. The van der Waals surface area contributed by atoms with E-state index in [0.29, 0.717) is 11.3 Å². The van der Waals surface area contributed by atoms with Crippen LogP contribution in [-0.2, 0) is 0 Å². The summed E-state index contributed by atoms with van der Waals surface area (Å²) in [4.78, 5) is 0. The lowest BCUT2D eigenvalue weighted by molar-refractivity contribution is 0.0604. The fourth-order valence-electron chi connectivity index (χ4n) is 3.35. The highest BCUT2D eigenvalue weighted by atomic mass is 35.5. The van der Waals surface area contributed by atoms with Crippen molar-refractivity contribution in [3.8, 4) is 0 Å². The van der Waals surface area contributed by atoms with Gasteiger partial charge < -0.3 is 5.32 Å². The third-order valence-corrected chi connectivity index (χ3v) is 4.73. The molecule has 18 heavy (non-hydrogen) atoms. The second-order valence-corrected chi connectivity index (χ2v) is 5.94. The van der Waals surface area contributed by atoms with Crippen LogP contribution in [0.2, 0.25) is 5.02 Å². The molecule has 1 aliphatic carbocycles. The van der Waals surface area contributed by atoms with Crippen LogP contribution in [0, 0.1) is 11.2 Å². The van der Waals surface area contributed by atoms with Gasteiger partial charge in [-0.3, -0.25) is 0 Å². The van der Waals surface area contributed by atoms with Crippen molar-refractivity contribution in [1.82, 2.24) is 5.32 Å². The Morgan fingerprint density at radius 1 is 1.22 bits per heavy atom. The predicted octanol–water partition coefficient (Wildman–Crippen LogP) is 4.15. The molecule has 0 unspecified atom stereocenters. The molecule has 1 heterocycles. The first-order valence-electron chi connectivity index (χ1n) is 6.34. The summed E-state index contributed by atoms with van der Waals surface area (Å²) in [5.74, 6) is 0.275. The molecule has 0 atom stereocenters. The van der Waals surface area contributed by atoms with E-state index in [-0.39, 0.29) is 23.2 Å². The van der Waals surface area contributed by atoms with Crippen molar-refractivity contribution in [3.05, 3.63) is 34.6 Å². The second kappa shape index (κ2) is 5.36. The van der Waals surface area contributed by atoms with Gasteiger partial charge in [0.25, 0.3) is 0 Å². The summed E-state index contributed by atoms with van der Waals surface area (Å²) in [6.07, 6.45) is 5.07. The fourth-order valence-corrected chi connectivity index (χ4v) is 3.54. The van der Waals surface area contributed by atoms with Gasteiger partial charge in [-0.15, -0.1) is 12.4 Å². The van der Waals surface area contributed by atoms with Gasteiger partial charge in [0.15, 0.2) is 0 Å². The Hall–Kier alpha value is -0.310. The van der Waals surface area contributed by atoms with E-state index in [9.17, 15) is 4.39 Å². The highest BCUT2D eigenvalue weighted by molar-refractivity contribution is 6.30. The minimum atomic E-state index is -0.314. The molecule has 1 N–H and O–H groups in total. The molecule has 2 aliphatic rings. The van der Waals surface area contributed by atoms with Crippen molar-refractivity contribution in [2.45, 2.75) is 31.6 Å². The standard InChI is InChI=1S/C14H17ClFN.ClH/c15-12-7-10(1-2-13(12)16)11-8-14(9-11)3-5-17-6-4-14;/h1-2,7,11,17H,3-6,8-9H2;1H. The zero-order valence-corrected chi connectivity index (χ0v) is 11.8. The third kappa shape index (κ3) is 2.52. The molecule has 1 saturated heterocycles. The normalized spacial score (nSPS) is 22.3. The average Bonchev–Trinajstić information content (AvgIpc) is 2.31. The van der Waals surface area contributed by atoms with E-state index >= 15 is 0 Å². The highest BCUT2D eigenvalue weighted by Crippen LogP contribution is 2.56. The molecule has 1 aromatic carbocycles. The van der Waals surface area contributed by atoms with Gasteiger partial charge in [-0.2, -0.15) is 0 Å². The summed E-state index contributed by atoms with van der Waals surface area (Å²) in [6.45, 7) is 2.30. The molecule has 1 aromatic rings. The van der Waals surface area contributed by atoms with Crippen LogP contribution >= 0.6 is 24.0 Å². The largest absolute Gasteiger partial charge is 0.317 e. The first-order valence-corrected chi connectivity index (χ1v) is 6.72. The Labute approximate surface area is 119 Å². The topological polar surface area (TPSA) is 12.0 Å². The van der Waals surface area contributed by atoms with E-state index in [1.54, 1.807) is 6.07 Å². The van der Waals surface area contributed by atoms with Crippen molar-refractivity contribution < 1.29 is 4.39 Å². The van der Waals surface area contributed by atoms with Crippen LogP contribution in [0.5, 0.6) is 0 Å². The van der Waals surface area contributed by atoms with E-state index in [4.69, 9.17) is 11.6 Å². The van der Waals surface area contributed by atoms with Crippen molar-refractivity contribution in [2.75, 3.05) is 13.1 Å². The Kier molecular flexibility index (Phi) is 4.20. The summed E-state index contributed by atoms with van der Waals surface area (Å²) in [5, 5.41) is 3.67. The maximum atomic E-state index is 13.1. The molecule has 1 spiro atoms. The van der Waals surface area contributed by atoms with Crippen LogP contribution in [0.1, 0.15) is 37.2 Å². The molecule has 0 radical (unpaired) electrons. The second-order valence-electron chi connectivity index (χ2n) is 5.53. The maximum Gasteiger partial charge on any atom is 0.141 e. The molecule has 3 rings (SSSR count). The molecule has 100 valence electrons. The molecule has 0 aromatic heterocycles. The maximum absolute atomic E-state index is 13.1. The number of benzene rings is 1. The van der Waals surface area contributed by atoms with Gasteiger partial charge in [-0.1, -0.05) is 17.7 Å². The van der Waals surface area contributed by atoms with Gasteiger partial charge in [0.05, 0.1) is 5.02 Å². The first kappa shape index (κ1) is 14.1. The zero-order chi connectivity index (χ0) is 11.9. The summed E-state index contributed by atoms with van der Waals surface area (Å²) in [5.41, 5.74) is 1.78. The van der Waals surface area contributed by atoms with Crippen LogP contribution in [0.4, 0.5) is 4.39 Å². The van der Waals surface area contributed by atoms with E-state index in [0.717, 1.165) is 13.1 Å². The lowest BCUT2D eigenvalue weighted by Crippen LogP contribution is -2.44. The van der Waals surface area contributed by atoms with Crippen LogP contribution in [0.15, 0.2) is 18.2 Å². The smallest absolute Gasteiger partial charge is 0.141 e. The quantitative estimate of drug-likeness (QED) is 0.819. The molecule has 1 aliphatic heterocycles. The first-order chi connectivity index (χ1) is 8.19. The molecular formula is C14H18Cl2FN. The van der Waals surface area contributed by atoms with E-state index in [1.165, 1.54) is 37.3 Å². The van der Waals surface area contributed by atoms with Gasteiger partial charge >= 0.3 is 0 Å². The summed E-state index contributed by atoms with van der Waals surface area (Å²) < 4.78 is 13.1. The van der Waals surface area contributed by atoms with Gasteiger partial charge in [0.2, 0.25) is 0 Å². The monoisotopic (exact) mass is 289 g/mol. The Bertz CT molecular complexity index is 422. The van der Waals surface area contributed by atoms with Crippen molar-refractivity contribution in [1.29, 1.82) is 0 Å². The predicted molar refractivity (Wildman–Crippen MR) is 75.2 cm³/mol. The third-order valence-electron chi connectivity index (χ3n) is 4.44. The minimum absolute atomic E-state index is 0. The molecule has 2 fully saturated rings. The van der Waals surface area contributed by atoms with Crippen LogP contribution < -0.4 is 5.32 Å². The fraction of sp³-hybridized carbons (Fsp3) is 0.571. The summed E-state index contributed by atoms with van der Waals surface area (Å²) >= 11 is 5.83. The Morgan fingerprint density at radius 3 is 2.50 bits per heavy atom. The SMILES string of the molecule is Cl.Fc1ccc(C2CC3(CCNCC3)C2)cc1Cl. The molecule has 1 nitrogen and oxygen atoms in total. The summed E-state index contributed by atoms with van der Waals surface area (Å²) in [6, 6.07) is 5.18. The van der Waals surface area contributed by atoms with Crippen molar-refractivity contribution in [2.24, 2.45) is 5.41 Å². The van der Waals surface area contributed by atoms with Crippen LogP contribution in [0.25, 0.3) is 0 Å². The molecule has 0 bridgehead atoms. The number of hydrogen-bond donors (Lipinski definition) is 1. The average molecular weight is 290 g/mol. The lowest BCUT2D eigenvalue weighted by atomic mass is 9.56. The van der Waals surface area contributed by atoms with Crippen LogP contribution in [-0.4, -0.2) is 13.1 Å². The minimum Gasteiger partial charge on any atom is -0.317 e. The van der Waals surface area contributed by atoms with Gasteiger partial charge in [0.1, 0.15) is 5.82 Å². The van der Waals surface area contributed by atoms with E-state index in [1.807, 2.05) is 6.07 Å². The number of rotatable bonds is 1. The molecular weight excluding hydrogens is 272 g/mol. The molecule has 1 saturated carbocycles. The Morgan fingerprint density at radius 2 is 1.89 bits per heavy atom. The van der Waals surface area contributed by atoms with Gasteiger partial charge in [-0.05, 0) is 67.8 Å². The van der Waals surface area contributed by atoms with Crippen LogP contribution in [0.3, 0.4) is 0 Å². The van der Waals surface area contributed by atoms with Gasteiger partial charge in [0, 0.05) is 0 Å². The van der Waals surface area contributed by atoms with E-state index < -0.39 is 0 Å². The number of halogens is 3. The number of hydrogen-bond acceptors (Lipinski definition) is 1. The van der Waals surface area contributed by atoms with E-state index in [2.05, 4.69) is 5.32 Å². The lowest BCUT2D eigenvalue weighted by Gasteiger charge is -2.50. The molecule has 0 amide bonds. The van der Waals surface area contributed by atoms with Crippen molar-refractivity contribution in [3.63, 3.8) is 0 Å². The number of nitrogens with one attached hydrogen (secondary N) is 1. The Balaban J connectivity index is 0.00000120. The van der Waals surface area contributed by atoms with Crippen molar-refractivity contribution >= 4 is 24.0 Å². The summed E-state index contributed by atoms with van der Waals surface area (Å²) in [7, 11) is 0.